The molecule has 0 aliphatic rings. The molecule has 0 aliphatic carbocycles. The average Bonchev–Trinajstić information content (AvgIpc) is 2.29. The maximum absolute atomic E-state index is 13.5. The summed E-state index contributed by atoms with van der Waals surface area (Å²) in [5.74, 6) is 0. The molecule has 90 valence electrons. The maximum atomic E-state index is 13.5. The summed E-state index contributed by atoms with van der Waals surface area (Å²) >= 11 is 2.22. The van der Waals surface area contributed by atoms with Crippen molar-refractivity contribution in [1.29, 1.82) is 0 Å². The van der Waals surface area contributed by atoms with Gasteiger partial charge in [0, 0.05) is 17.0 Å². The number of hydrogen-bond acceptors (Lipinski definition) is 1. The van der Waals surface area contributed by atoms with Gasteiger partial charge in [-0.1, -0.05) is 52.9 Å². The van der Waals surface area contributed by atoms with Gasteiger partial charge < -0.3 is 0 Å². The van der Waals surface area contributed by atoms with E-state index < -0.39 is 6.17 Å². The van der Waals surface area contributed by atoms with Crippen LogP contribution in [0.5, 0.6) is 0 Å². The molecule has 1 aromatic carbocycles. The Labute approximate surface area is 111 Å². The van der Waals surface area contributed by atoms with Crippen molar-refractivity contribution >= 4 is 22.6 Å². The zero-order valence-corrected chi connectivity index (χ0v) is 12.0. The monoisotopic (exact) mass is 335 g/mol. The van der Waals surface area contributed by atoms with Crippen molar-refractivity contribution in [3.8, 4) is 0 Å². The first-order valence-corrected chi connectivity index (χ1v) is 7.13. The second-order valence-corrected chi connectivity index (χ2v) is 5.18. The summed E-state index contributed by atoms with van der Waals surface area (Å²) in [6.45, 7) is 2.63. The van der Waals surface area contributed by atoms with Crippen LogP contribution in [0.3, 0.4) is 0 Å². The largest absolute Gasteiger partial charge is 0.297 e. The fourth-order valence-electron chi connectivity index (χ4n) is 1.67. The van der Waals surface area contributed by atoms with Gasteiger partial charge >= 0.3 is 0 Å². The zero-order chi connectivity index (χ0) is 12.0. The van der Waals surface area contributed by atoms with Crippen LogP contribution in [0.2, 0.25) is 0 Å². The highest BCUT2D eigenvalue weighted by Gasteiger charge is 2.15. The quantitative estimate of drug-likeness (QED) is 0.564. The summed E-state index contributed by atoms with van der Waals surface area (Å²) in [7, 11) is 1.98. The van der Waals surface area contributed by atoms with Gasteiger partial charge in [0.1, 0.15) is 6.17 Å². The average molecular weight is 335 g/mol. The first kappa shape index (κ1) is 13.9. The summed E-state index contributed by atoms with van der Waals surface area (Å²) in [5.41, 5.74) is 1.24. The Morgan fingerprint density at radius 3 is 2.50 bits per heavy atom. The summed E-state index contributed by atoms with van der Waals surface area (Å²) in [6, 6.07) is 10.5. The van der Waals surface area contributed by atoms with E-state index in [2.05, 4.69) is 46.5 Å². The normalized spacial score (nSPS) is 15.1. The van der Waals surface area contributed by atoms with E-state index in [1.165, 1.54) is 5.56 Å². The van der Waals surface area contributed by atoms with Crippen LogP contribution in [0.1, 0.15) is 24.9 Å². The number of halogens is 2. The van der Waals surface area contributed by atoms with Gasteiger partial charge in [0.15, 0.2) is 0 Å². The lowest BCUT2D eigenvalue weighted by Gasteiger charge is -2.26. The van der Waals surface area contributed by atoms with Crippen molar-refractivity contribution < 1.29 is 4.39 Å². The molecule has 1 nitrogen and oxygen atoms in total. The fourth-order valence-corrected chi connectivity index (χ4v) is 2.34. The maximum Gasteiger partial charge on any atom is 0.113 e. The molecule has 0 N–H and O–H groups in total. The van der Waals surface area contributed by atoms with E-state index in [0.29, 0.717) is 13.0 Å². The zero-order valence-electron chi connectivity index (χ0n) is 9.87. The highest BCUT2D eigenvalue weighted by Crippen LogP contribution is 2.19. The highest BCUT2D eigenvalue weighted by atomic mass is 127. The second-order valence-electron chi connectivity index (χ2n) is 4.10. The minimum Gasteiger partial charge on any atom is -0.297 e. The van der Waals surface area contributed by atoms with Gasteiger partial charge in [-0.2, -0.15) is 0 Å². The van der Waals surface area contributed by atoms with Crippen molar-refractivity contribution in [3.05, 3.63) is 35.9 Å². The van der Waals surface area contributed by atoms with Crippen molar-refractivity contribution in [2.24, 2.45) is 0 Å². The van der Waals surface area contributed by atoms with Crippen LogP contribution in [-0.2, 0) is 0 Å². The second kappa shape index (κ2) is 7.22. The Bertz CT molecular complexity index is 291. The minimum absolute atomic E-state index is 0.272. The number of rotatable bonds is 6. The molecule has 3 heteroatoms. The van der Waals surface area contributed by atoms with Gasteiger partial charge in [-0.3, -0.25) is 4.90 Å². The Kier molecular flexibility index (Phi) is 6.28. The van der Waals surface area contributed by atoms with Gasteiger partial charge in [-0.15, -0.1) is 0 Å². The fraction of sp³-hybridized carbons (Fsp3) is 0.538. The molecule has 1 rings (SSSR count). The Hall–Kier alpha value is -0.160. The standard InChI is InChI=1S/C13H19FIN/c1-11(12-6-4-3-5-7-12)16(2)10-13(14)8-9-15/h3-7,11,13H,8-10H2,1-2H3. The van der Waals surface area contributed by atoms with Gasteiger partial charge in [0.05, 0.1) is 0 Å². The van der Waals surface area contributed by atoms with Crippen LogP contribution in [0.15, 0.2) is 30.3 Å². The van der Waals surface area contributed by atoms with Crippen LogP contribution in [0.25, 0.3) is 0 Å². The Morgan fingerprint density at radius 1 is 1.31 bits per heavy atom. The molecule has 2 atom stereocenters. The molecule has 1 aromatic rings. The molecular weight excluding hydrogens is 316 g/mol. The smallest absolute Gasteiger partial charge is 0.113 e. The summed E-state index contributed by atoms with van der Waals surface area (Å²) < 4.78 is 14.4. The molecule has 0 aromatic heterocycles. The predicted octanol–water partition coefficient (Wildman–Crippen LogP) is 3.84. The van der Waals surface area contributed by atoms with E-state index in [1.54, 1.807) is 0 Å². The predicted molar refractivity (Wildman–Crippen MR) is 75.9 cm³/mol. The summed E-state index contributed by atoms with van der Waals surface area (Å²) in [6.07, 6.45) is -0.0695. The molecule has 0 saturated heterocycles. The van der Waals surface area contributed by atoms with Gasteiger partial charge in [-0.25, -0.2) is 4.39 Å². The molecule has 0 spiro atoms. The van der Waals surface area contributed by atoms with E-state index in [-0.39, 0.29) is 6.04 Å². The molecule has 0 saturated carbocycles. The van der Waals surface area contributed by atoms with E-state index in [9.17, 15) is 4.39 Å². The topological polar surface area (TPSA) is 3.24 Å². The molecule has 0 aliphatic heterocycles. The van der Waals surface area contributed by atoms with Crippen molar-refractivity contribution in [1.82, 2.24) is 4.90 Å². The van der Waals surface area contributed by atoms with Crippen LogP contribution in [-0.4, -0.2) is 29.1 Å². The minimum atomic E-state index is -0.715. The van der Waals surface area contributed by atoms with Crippen molar-refractivity contribution in [2.45, 2.75) is 25.6 Å². The Morgan fingerprint density at radius 2 is 1.94 bits per heavy atom. The van der Waals surface area contributed by atoms with Crippen LogP contribution in [0, 0.1) is 0 Å². The van der Waals surface area contributed by atoms with Crippen molar-refractivity contribution in [2.75, 3.05) is 18.0 Å². The van der Waals surface area contributed by atoms with Gasteiger partial charge in [-0.05, 0) is 26.0 Å². The summed E-state index contributed by atoms with van der Waals surface area (Å²) in [5, 5.41) is 0. The molecular formula is C13H19FIN. The lowest BCUT2D eigenvalue weighted by atomic mass is 10.1. The first-order valence-electron chi connectivity index (χ1n) is 5.60. The van der Waals surface area contributed by atoms with Gasteiger partial charge in [0.2, 0.25) is 0 Å². The highest BCUT2D eigenvalue weighted by molar-refractivity contribution is 14.1. The third kappa shape index (κ3) is 4.37. The molecule has 0 bridgehead atoms. The molecule has 2 unspecified atom stereocenters. The third-order valence-electron chi connectivity index (χ3n) is 2.85. The SMILES string of the molecule is CC(c1ccccc1)N(C)CC(F)CCI. The van der Waals surface area contributed by atoms with Crippen LogP contribution in [0.4, 0.5) is 4.39 Å². The molecule has 0 amide bonds. The van der Waals surface area contributed by atoms with E-state index in [1.807, 2.05) is 25.2 Å². The first-order chi connectivity index (χ1) is 7.65. The van der Waals surface area contributed by atoms with Crippen LogP contribution < -0.4 is 0 Å². The third-order valence-corrected chi connectivity index (χ3v) is 3.47. The Balaban J connectivity index is 2.51. The molecule has 0 radical (unpaired) electrons. The summed E-state index contributed by atoms with van der Waals surface area (Å²) in [4.78, 5) is 2.08. The lowest BCUT2D eigenvalue weighted by molar-refractivity contribution is 0.181. The van der Waals surface area contributed by atoms with E-state index in [4.69, 9.17) is 0 Å². The molecule has 0 fully saturated rings. The number of nitrogens with zero attached hydrogens (tertiary/aromatic N) is 1. The van der Waals surface area contributed by atoms with E-state index in [0.717, 1.165) is 4.43 Å². The number of benzene rings is 1. The molecule has 16 heavy (non-hydrogen) atoms. The van der Waals surface area contributed by atoms with Crippen molar-refractivity contribution in [3.63, 3.8) is 0 Å². The number of hydrogen-bond donors (Lipinski definition) is 0. The molecule has 0 heterocycles. The van der Waals surface area contributed by atoms with Gasteiger partial charge in [0.25, 0.3) is 0 Å². The van der Waals surface area contributed by atoms with E-state index >= 15 is 0 Å². The number of alkyl halides is 2. The lowest BCUT2D eigenvalue weighted by Crippen LogP contribution is -2.29. The van der Waals surface area contributed by atoms with Crippen LogP contribution >= 0.6 is 22.6 Å².